The highest BCUT2D eigenvalue weighted by molar-refractivity contribution is 8.14. The van der Waals surface area contributed by atoms with Gasteiger partial charge >= 0.3 is 0 Å². The van der Waals surface area contributed by atoms with Gasteiger partial charge < -0.3 is 4.90 Å². The molecule has 2 saturated carbocycles. The number of benzene rings is 1. The van der Waals surface area contributed by atoms with Crippen molar-refractivity contribution in [3.63, 3.8) is 0 Å². The number of anilines is 1. The number of allylic oxidation sites excluding steroid dienone is 1. The Hall–Kier alpha value is -1.73. The van der Waals surface area contributed by atoms with Crippen LogP contribution in [0.25, 0.3) is 0 Å². The fraction of sp³-hybridized carbons (Fsp3) is 0.545. The lowest BCUT2D eigenvalue weighted by Gasteiger charge is -2.30. The van der Waals surface area contributed by atoms with Gasteiger partial charge in [-0.25, -0.2) is 4.99 Å². The van der Waals surface area contributed by atoms with Gasteiger partial charge in [-0.3, -0.25) is 0 Å². The molecule has 0 saturated heterocycles. The Kier molecular flexibility index (Phi) is 5.09. The highest BCUT2D eigenvalue weighted by Gasteiger charge is 2.39. The van der Waals surface area contributed by atoms with Gasteiger partial charge in [-0.1, -0.05) is 18.2 Å². The zero-order valence-electron chi connectivity index (χ0n) is 15.7. The first-order valence-corrected chi connectivity index (χ1v) is 10.8. The van der Waals surface area contributed by atoms with E-state index in [-0.39, 0.29) is 0 Å². The Morgan fingerprint density at radius 1 is 1.19 bits per heavy atom. The molecule has 2 fully saturated rings. The normalized spacial score (nSPS) is 27.4. The number of hydrogen-bond acceptors (Lipinski definition) is 4. The van der Waals surface area contributed by atoms with Crippen molar-refractivity contribution in [3.8, 4) is 6.07 Å². The molecule has 3 atom stereocenters. The molecule has 0 radical (unpaired) electrons. The smallest absolute Gasteiger partial charge is 0.168 e. The summed E-state index contributed by atoms with van der Waals surface area (Å²) in [6.07, 6.45) is 7.07. The number of aliphatic imine (C=N–C) groups is 1. The first-order valence-electron chi connectivity index (χ1n) is 9.79. The number of thioether (sulfide) groups is 1. The summed E-state index contributed by atoms with van der Waals surface area (Å²) >= 11 is 1.84. The first kappa shape index (κ1) is 17.7. The van der Waals surface area contributed by atoms with Crippen LogP contribution in [0, 0.1) is 29.1 Å². The third-order valence-electron chi connectivity index (χ3n) is 6.45. The molecule has 3 nitrogen and oxygen atoms in total. The van der Waals surface area contributed by atoms with Crippen molar-refractivity contribution in [2.75, 3.05) is 17.2 Å². The quantitative estimate of drug-likeness (QED) is 0.698. The third-order valence-corrected chi connectivity index (χ3v) is 7.59. The van der Waals surface area contributed by atoms with E-state index in [1.807, 2.05) is 23.9 Å². The monoisotopic (exact) mass is 365 g/mol. The number of rotatable bonds is 4. The number of nitriles is 1. The Labute approximate surface area is 161 Å². The lowest BCUT2D eigenvalue weighted by Crippen LogP contribution is -2.33. The van der Waals surface area contributed by atoms with Gasteiger partial charge in [-0.05, 0) is 87.1 Å². The number of fused-ring (bicyclic) bond motifs is 2. The van der Waals surface area contributed by atoms with E-state index < -0.39 is 0 Å². The maximum atomic E-state index is 9.09. The molecular formula is C22H27N3S. The van der Waals surface area contributed by atoms with Crippen LogP contribution in [0.15, 0.2) is 40.5 Å². The molecule has 2 bridgehead atoms. The molecule has 4 rings (SSSR count). The molecule has 136 valence electrons. The molecule has 3 aliphatic rings. The summed E-state index contributed by atoms with van der Waals surface area (Å²) < 4.78 is 0. The predicted molar refractivity (Wildman–Crippen MR) is 110 cm³/mol. The summed E-state index contributed by atoms with van der Waals surface area (Å²) in [5, 5.41) is 10.2. The average Bonchev–Trinajstić information content (AvgIpc) is 3.28. The minimum atomic E-state index is 0.715. The molecule has 4 heteroatoms. The van der Waals surface area contributed by atoms with Crippen molar-refractivity contribution >= 4 is 22.6 Å². The minimum Gasteiger partial charge on any atom is -0.321 e. The topological polar surface area (TPSA) is 39.4 Å². The highest BCUT2D eigenvalue weighted by atomic mass is 32.2. The third kappa shape index (κ3) is 3.55. The molecule has 0 N–H and O–H groups in total. The maximum absolute atomic E-state index is 9.09. The Balaban J connectivity index is 1.54. The molecule has 3 unspecified atom stereocenters. The van der Waals surface area contributed by atoms with Crippen molar-refractivity contribution in [2.45, 2.75) is 46.0 Å². The van der Waals surface area contributed by atoms with E-state index in [0.29, 0.717) is 5.56 Å². The van der Waals surface area contributed by atoms with Gasteiger partial charge in [0.1, 0.15) is 0 Å². The second-order valence-electron chi connectivity index (χ2n) is 8.08. The first-order chi connectivity index (χ1) is 12.6. The molecule has 1 heterocycles. The lowest BCUT2D eigenvalue weighted by molar-refractivity contribution is 0.318. The molecular weight excluding hydrogens is 338 g/mol. The largest absolute Gasteiger partial charge is 0.321 e. The van der Waals surface area contributed by atoms with E-state index in [1.165, 1.54) is 37.7 Å². The SMILES string of the molecule is CC1=C(C)N=C(N(CCC2CC3CCC2C3)c2ccc(C#N)cc2)SC1. The standard InChI is InChI=1S/C22H27N3S/c1-15-14-26-22(24-16(15)2)25(21-7-4-17(13-23)5-8-21)10-9-20-12-18-3-6-19(20)11-18/h4-5,7-8,18-20H,3,6,9-12,14H2,1-2H3. The van der Waals surface area contributed by atoms with Crippen LogP contribution in [0.2, 0.25) is 0 Å². The van der Waals surface area contributed by atoms with Crippen molar-refractivity contribution < 1.29 is 0 Å². The van der Waals surface area contributed by atoms with Crippen LogP contribution in [0.1, 0.15) is 51.5 Å². The second-order valence-corrected chi connectivity index (χ2v) is 9.03. The molecule has 0 spiro atoms. The fourth-order valence-corrected chi connectivity index (χ4v) is 5.87. The summed E-state index contributed by atoms with van der Waals surface area (Å²) in [5.74, 6) is 3.88. The van der Waals surface area contributed by atoms with Crippen LogP contribution in [0.4, 0.5) is 5.69 Å². The van der Waals surface area contributed by atoms with Gasteiger partial charge in [0.15, 0.2) is 5.17 Å². The Morgan fingerprint density at radius 3 is 2.62 bits per heavy atom. The average molecular weight is 366 g/mol. The Bertz CT molecular complexity index is 772. The highest BCUT2D eigenvalue weighted by Crippen LogP contribution is 2.49. The predicted octanol–water partition coefficient (Wildman–Crippen LogP) is 5.59. The maximum Gasteiger partial charge on any atom is 0.168 e. The van der Waals surface area contributed by atoms with E-state index in [9.17, 15) is 0 Å². The van der Waals surface area contributed by atoms with Gasteiger partial charge in [0.2, 0.25) is 0 Å². The lowest BCUT2D eigenvalue weighted by atomic mass is 9.86. The molecule has 0 amide bonds. The van der Waals surface area contributed by atoms with E-state index >= 15 is 0 Å². The Morgan fingerprint density at radius 2 is 2.00 bits per heavy atom. The number of amidine groups is 1. The zero-order valence-corrected chi connectivity index (χ0v) is 16.6. The minimum absolute atomic E-state index is 0.715. The van der Waals surface area contributed by atoms with E-state index in [1.54, 1.807) is 0 Å². The van der Waals surface area contributed by atoms with Crippen LogP contribution in [0.3, 0.4) is 0 Å². The van der Waals surface area contributed by atoms with Crippen molar-refractivity contribution in [1.29, 1.82) is 5.26 Å². The van der Waals surface area contributed by atoms with E-state index in [2.05, 4.69) is 36.9 Å². The molecule has 1 aliphatic heterocycles. The van der Waals surface area contributed by atoms with Crippen molar-refractivity contribution in [2.24, 2.45) is 22.7 Å². The van der Waals surface area contributed by atoms with Crippen molar-refractivity contribution in [3.05, 3.63) is 41.1 Å². The summed E-state index contributed by atoms with van der Waals surface area (Å²) in [4.78, 5) is 7.28. The molecule has 2 aliphatic carbocycles. The van der Waals surface area contributed by atoms with Gasteiger partial charge in [0.05, 0.1) is 11.6 Å². The fourth-order valence-electron chi connectivity index (χ4n) is 4.76. The van der Waals surface area contributed by atoms with Gasteiger partial charge in [-0.2, -0.15) is 5.26 Å². The van der Waals surface area contributed by atoms with Crippen LogP contribution in [0.5, 0.6) is 0 Å². The van der Waals surface area contributed by atoms with Crippen LogP contribution < -0.4 is 4.90 Å². The summed E-state index contributed by atoms with van der Waals surface area (Å²) in [6, 6.07) is 10.2. The van der Waals surface area contributed by atoms with Crippen LogP contribution in [-0.4, -0.2) is 17.5 Å². The van der Waals surface area contributed by atoms with E-state index in [4.69, 9.17) is 10.3 Å². The summed E-state index contributed by atoms with van der Waals surface area (Å²) in [6.45, 7) is 5.31. The number of hydrogen-bond donors (Lipinski definition) is 0. The molecule has 0 aromatic heterocycles. The number of nitrogens with zero attached hydrogens (tertiary/aromatic N) is 3. The molecule has 26 heavy (non-hydrogen) atoms. The molecule has 1 aromatic carbocycles. The van der Waals surface area contributed by atoms with E-state index in [0.717, 1.165) is 46.6 Å². The van der Waals surface area contributed by atoms with Crippen LogP contribution >= 0.6 is 11.8 Å². The van der Waals surface area contributed by atoms with Gasteiger partial charge in [0.25, 0.3) is 0 Å². The summed E-state index contributed by atoms with van der Waals surface area (Å²) in [5.41, 5.74) is 4.39. The summed E-state index contributed by atoms with van der Waals surface area (Å²) in [7, 11) is 0. The van der Waals surface area contributed by atoms with Gasteiger partial charge in [0, 0.05) is 23.7 Å². The van der Waals surface area contributed by atoms with Crippen molar-refractivity contribution in [1.82, 2.24) is 0 Å². The second kappa shape index (κ2) is 7.48. The zero-order chi connectivity index (χ0) is 18.1. The van der Waals surface area contributed by atoms with Crippen LogP contribution in [-0.2, 0) is 0 Å². The molecule has 1 aromatic rings. The van der Waals surface area contributed by atoms with Gasteiger partial charge in [-0.15, -0.1) is 0 Å².